The summed E-state index contributed by atoms with van der Waals surface area (Å²) in [6, 6.07) is 24.1. The second-order valence-corrected chi connectivity index (χ2v) is 8.73. The second kappa shape index (κ2) is 9.42. The van der Waals surface area contributed by atoms with Crippen LogP contribution in [0.25, 0.3) is 21.9 Å². The molecule has 1 unspecified atom stereocenters. The smallest absolute Gasteiger partial charge is 0.230 e. The zero-order valence-corrected chi connectivity index (χ0v) is 19.0. The molecule has 3 aromatic carbocycles. The maximum absolute atomic E-state index is 12.7. The van der Waals surface area contributed by atoms with Crippen LogP contribution in [0.2, 0.25) is 0 Å². The lowest BCUT2D eigenvalue weighted by molar-refractivity contribution is -0.118. The van der Waals surface area contributed by atoms with Crippen molar-refractivity contribution >= 4 is 39.6 Å². The van der Waals surface area contributed by atoms with Gasteiger partial charge in [-0.3, -0.25) is 4.79 Å². The first kappa shape index (κ1) is 21.2. The van der Waals surface area contributed by atoms with Gasteiger partial charge in [0.15, 0.2) is 5.16 Å². The zero-order chi connectivity index (χ0) is 22.6. The molecule has 166 valence electrons. The Kier molecular flexibility index (Phi) is 6.04. The number of methoxy groups -OCH3 is 1. The van der Waals surface area contributed by atoms with Crippen molar-refractivity contribution in [2.24, 2.45) is 0 Å². The molecule has 0 saturated heterocycles. The van der Waals surface area contributed by atoms with Gasteiger partial charge in [0.25, 0.3) is 0 Å². The molecular weight excluding hydrogens is 432 g/mol. The van der Waals surface area contributed by atoms with Crippen LogP contribution in [-0.4, -0.2) is 40.3 Å². The van der Waals surface area contributed by atoms with E-state index in [4.69, 9.17) is 4.74 Å². The number of nitrogens with zero attached hydrogens (tertiary/aromatic N) is 1. The molecule has 0 aliphatic heterocycles. The zero-order valence-electron chi connectivity index (χ0n) is 18.2. The molecule has 2 heterocycles. The van der Waals surface area contributed by atoms with Crippen molar-refractivity contribution in [2.45, 2.75) is 11.1 Å². The van der Waals surface area contributed by atoms with Crippen LogP contribution in [0, 0.1) is 0 Å². The third-order valence-corrected chi connectivity index (χ3v) is 6.60. The summed E-state index contributed by atoms with van der Waals surface area (Å²) in [5.41, 5.74) is 5.23. The number of aromatic amines is 2. The van der Waals surface area contributed by atoms with Crippen LogP contribution >= 0.6 is 11.8 Å². The highest BCUT2D eigenvalue weighted by Crippen LogP contribution is 2.31. The fourth-order valence-corrected chi connectivity index (χ4v) is 4.74. The number of aromatic nitrogens is 3. The summed E-state index contributed by atoms with van der Waals surface area (Å²) >= 11 is 1.41. The normalized spacial score (nSPS) is 12.2. The Bertz CT molecular complexity index is 1360. The summed E-state index contributed by atoms with van der Waals surface area (Å²) in [7, 11) is 1.66. The summed E-state index contributed by atoms with van der Waals surface area (Å²) < 4.78 is 5.32. The van der Waals surface area contributed by atoms with E-state index >= 15 is 0 Å². The van der Waals surface area contributed by atoms with E-state index in [0.717, 1.165) is 44.0 Å². The van der Waals surface area contributed by atoms with E-state index in [1.165, 1.54) is 11.8 Å². The minimum Gasteiger partial charge on any atom is -0.497 e. The van der Waals surface area contributed by atoms with Crippen LogP contribution in [-0.2, 0) is 4.79 Å². The second-order valence-electron chi connectivity index (χ2n) is 7.77. The van der Waals surface area contributed by atoms with Gasteiger partial charge in [0, 0.05) is 29.6 Å². The fourth-order valence-electron chi connectivity index (χ4n) is 4.02. The largest absolute Gasteiger partial charge is 0.497 e. The molecule has 0 spiro atoms. The number of rotatable bonds is 8. The lowest BCUT2D eigenvalue weighted by Crippen LogP contribution is -2.30. The summed E-state index contributed by atoms with van der Waals surface area (Å²) in [5, 5.41) is 5.02. The minimum atomic E-state index is -0.0289. The monoisotopic (exact) mass is 456 g/mol. The van der Waals surface area contributed by atoms with E-state index in [1.54, 1.807) is 7.11 Å². The van der Waals surface area contributed by atoms with Gasteiger partial charge in [-0.25, -0.2) is 4.98 Å². The Labute approximate surface area is 195 Å². The maximum Gasteiger partial charge on any atom is 0.230 e. The topological polar surface area (TPSA) is 82.8 Å². The molecule has 7 heteroatoms. The molecule has 1 atom stereocenters. The molecule has 0 bridgehead atoms. The van der Waals surface area contributed by atoms with Crippen molar-refractivity contribution in [1.29, 1.82) is 0 Å². The molecular formula is C26H24N4O2S. The number of benzene rings is 3. The molecule has 2 aromatic heterocycles. The number of carbonyl (C=O) groups is 1. The van der Waals surface area contributed by atoms with Gasteiger partial charge >= 0.3 is 0 Å². The van der Waals surface area contributed by atoms with Crippen LogP contribution in [0.4, 0.5) is 0 Å². The van der Waals surface area contributed by atoms with Crippen molar-refractivity contribution in [3.63, 3.8) is 0 Å². The number of amides is 1. The number of carbonyl (C=O) groups excluding carboxylic acids is 1. The number of nitrogens with one attached hydrogen (secondary N) is 3. The third-order valence-electron chi connectivity index (χ3n) is 5.73. The lowest BCUT2D eigenvalue weighted by Gasteiger charge is -2.18. The van der Waals surface area contributed by atoms with Gasteiger partial charge in [-0.05, 0) is 41.5 Å². The quantitative estimate of drug-likeness (QED) is 0.284. The van der Waals surface area contributed by atoms with E-state index in [-0.39, 0.29) is 11.8 Å². The van der Waals surface area contributed by atoms with E-state index in [1.807, 2.05) is 54.7 Å². The van der Waals surface area contributed by atoms with E-state index in [2.05, 4.69) is 44.5 Å². The van der Waals surface area contributed by atoms with E-state index in [0.29, 0.717) is 12.3 Å². The maximum atomic E-state index is 12.7. The number of imidazole rings is 1. The Morgan fingerprint density at radius 2 is 1.79 bits per heavy atom. The first-order valence-electron chi connectivity index (χ1n) is 10.8. The SMILES string of the molecule is COc1ccc(C(CNC(=O)CSc2nc3ccccc3[nH]2)c2c[nH]c3ccccc23)cc1. The lowest BCUT2D eigenvalue weighted by atomic mass is 9.91. The molecule has 33 heavy (non-hydrogen) atoms. The summed E-state index contributed by atoms with van der Waals surface area (Å²) in [6.07, 6.45) is 2.04. The molecule has 0 aliphatic carbocycles. The molecule has 0 fully saturated rings. The average Bonchev–Trinajstić information content (AvgIpc) is 3.47. The standard InChI is InChI=1S/C26H24N4O2S/c1-32-18-12-10-17(11-13-18)20(21-15-27-22-7-3-2-6-19(21)22)14-28-25(31)16-33-26-29-23-8-4-5-9-24(23)30-26/h2-13,15,20,27H,14,16H2,1H3,(H,28,31)(H,29,30). The van der Waals surface area contributed by atoms with Gasteiger partial charge in [0.2, 0.25) is 5.91 Å². The van der Waals surface area contributed by atoms with Gasteiger partial charge < -0.3 is 20.0 Å². The third kappa shape index (κ3) is 4.59. The fraction of sp³-hybridized carbons (Fsp3) is 0.154. The van der Waals surface area contributed by atoms with Gasteiger partial charge in [0.05, 0.1) is 23.9 Å². The van der Waals surface area contributed by atoms with Crippen molar-refractivity contribution in [2.75, 3.05) is 19.4 Å². The number of para-hydroxylation sites is 3. The Morgan fingerprint density at radius 3 is 2.58 bits per heavy atom. The molecule has 5 rings (SSSR count). The predicted molar refractivity (Wildman–Crippen MR) is 133 cm³/mol. The molecule has 3 N–H and O–H groups in total. The molecule has 5 aromatic rings. The van der Waals surface area contributed by atoms with Crippen LogP contribution in [0.3, 0.4) is 0 Å². The number of thioether (sulfide) groups is 1. The van der Waals surface area contributed by atoms with Crippen molar-refractivity contribution < 1.29 is 9.53 Å². The molecule has 0 saturated carbocycles. The van der Waals surface area contributed by atoms with Gasteiger partial charge in [-0.15, -0.1) is 0 Å². The van der Waals surface area contributed by atoms with Gasteiger partial charge in [-0.1, -0.05) is 54.2 Å². The highest BCUT2D eigenvalue weighted by Gasteiger charge is 2.19. The molecule has 6 nitrogen and oxygen atoms in total. The van der Waals surface area contributed by atoms with Crippen molar-refractivity contribution in [1.82, 2.24) is 20.3 Å². The van der Waals surface area contributed by atoms with Crippen LogP contribution in [0.5, 0.6) is 5.75 Å². The molecule has 0 radical (unpaired) electrons. The Balaban J connectivity index is 1.31. The van der Waals surface area contributed by atoms with Crippen LogP contribution < -0.4 is 10.1 Å². The highest BCUT2D eigenvalue weighted by molar-refractivity contribution is 7.99. The minimum absolute atomic E-state index is 0.00667. The number of hydrogen-bond donors (Lipinski definition) is 3. The van der Waals surface area contributed by atoms with Crippen molar-refractivity contribution in [3.05, 3.63) is 90.1 Å². The van der Waals surface area contributed by atoms with Crippen molar-refractivity contribution in [3.8, 4) is 5.75 Å². The Morgan fingerprint density at radius 1 is 1.03 bits per heavy atom. The van der Waals surface area contributed by atoms with E-state index in [9.17, 15) is 4.79 Å². The first-order chi connectivity index (χ1) is 16.2. The Hall–Kier alpha value is -3.71. The number of H-pyrrole nitrogens is 2. The molecule has 0 aliphatic rings. The molecule has 1 amide bonds. The van der Waals surface area contributed by atoms with Gasteiger partial charge in [-0.2, -0.15) is 0 Å². The van der Waals surface area contributed by atoms with E-state index < -0.39 is 0 Å². The van der Waals surface area contributed by atoms with Gasteiger partial charge in [0.1, 0.15) is 5.75 Å². The highest BCUT2D eigenvalue weighted by atomic mass is 32.2. The summed E-state index contributed by atoms with van der Waals surface area (Å²) in [5.74, 6) is 1.08. The van der Waals surface area contributed by atoms with Crippen LogP contribution in [0.1, 0.15) is 17.0 Å². The number of fused-ring (bicyclic) bond motifs is 2. The first-order valence-corrected chi connectivity index (χ1v) is 11.7. The summed E-state index contributed by atoms with van der Waals surface area (Å²) in [6.45, 7) is 0.494. The van der Waals surface area contributed by atoms with Crippen LogP contribution in [0.15, 0.2) is 84.1 Å². The predicted octanol–water partition coefficient (Wildman–Crippen LogP) is 5.09. The summed E-state index contributed by atoms with van der Waals surface area (Å²) in [4.78, 5) is 23.8. The number of hydrogen-bond acceptors (Lipinski definition) is 4. The average molecular weight is 457 g/mol. The number of ether oxygens (including phenoxy) is 1.